The SMILES string of the molecule is C1=CC2=CCCN(CN3C=CC4CCC[N-]C43)C2[N-]1.[CH3-].[CH3-].[Pt+4]. The number of nitrogens with zero attached hydrogens (tertiary/aromatic N) is 4. The van der Waals surface area contributed by atoms with Crippen LogP contribution in [0.1, 0.15) is 19.3 Å². The maximum Gasteiger partial charge on any atom is 4.00 e. The van der Waals surface area contributed by atoms with Gasteiger partial charge < -0.3 is 30.4 Å². The maximum atomic E-state index is 4.80. The summed E-state index contributed by atoms with van der Waals surface area (Å²) in [5.74, 6) is 0.646. The quantitative estimate of drug-likeness (QED) is 0.565. The monoisotopic (exact) mass is 481 g/mol. The number of piperidine rings is 1. The second-order valence-electron chi connectivity index (χ2n) is 5.77. The Labute approximate surface area is 150 Å². The van der Waals surface area contributed by atoms with Crippen molar-refractivity contribution in [3.63, 3.8) is 0 Å². The van der Waals surface area contributed by atoms with E-state index in [1.54, 1.807) is 0 Å². The molecule has 22 heavy (non-hydrogen) atoms. The Balaban J connectivity index is 0.000000807. The zero-order chi connectivity index (χ0) is 12.7. The van der Waals surface area contributed by atoms with E-state index in [1.165, 1.54) is 18.4 Å². The molecule has 0 amide bonds. The summed E-state index contributed by atoms with van der Waals surface area (Å²) in [7, 11) is 0. The molecular formula is C17H26N4Pt. The van der Waals surface area contributed by atoms with Crippen molar-refractivity contribution in [3.05, 3.63) is 61.7 Å². The first-order chi connectivity index (χ1) is 9.42. The van der Waals surface area contributed by atoms with Gasteiger partial charge in [-0.15, -0.1) is 6.54 Å². The van der Waals surface area contributed by atoms with Crippen LogP contribution >= 0.6 is 0 Å². The minimum absolute atomic E-state index is 0. The number of hydrogen-bond donors (Lipinski definition) is 0. The molecular weight excluding hydrogens is 455 g/mol. The van der Waals surface area contributed by atoms with E-state index in [-0.39, 0.29) is 42.1 Å². The normalized spacial score (nSPS) is 31.9. The van der Waals surface area contributed by atoms with E-state index in [0.29, 0.717) is 12.1 Å². The fourth-order valence-corrected chi connectivity index (χ4v) is 3.56. The van der Waals surface area contributed by atoms with E-state index in [4.69, 9.17) is 5.32 Å². The third-order valence-electron chi connectivity index (χ3n) is 4.54. The summed E-state index contributed by atoms with van der Waals surface area (Å²) in [6, 6.07) is 0. The largest absolute Gasteiger partial charge is 4.00 e. The summed E-state index contributed by atoms with van der Waals surface area (Å²) >= 11 is 0. The molecule has 4 rings (SSSR count). The first-order valence-electron chi connectivity index (χ1n) is 7.33. The van der Waals surface area contributed by atoms with Gasteiger partial charge in [0, 0.05) is 6.54 Å². The summed E-state index contributed by atoms with van der Waals surface area (Å²) in [6.45, 7) is 3.08. The molecule has 1 fully saturated rings. The molecule has 0 N–H and O–H groups in total. The first-order valence-corrected chi connectivity index (χ1v) is 7.33. The molecule has 3 unspecified atom stereocenters. The predicted molar refractivity (Wildman–Crippen MR) is 89.1 cm³/mol. The molecule has 4 aliphatic rings. The number of rotatable bonds is 2. The molecule has 0 aromatic rings. The minimum atomic E-state index is 0. The molecule has 0 aromatic carbocycles. The third-order valence-corrected chi connectivity index (χ3v) is 4.54. The van der Waals surface area contributed by atoms with Crippen LogP contribution in [-0.2, 0) is 21.1 Å². The molecule has 0 radical (unpaired) electrons. The van der Waals surface area contributed by atoms with Crippen LogP contribution in [0.3, 0.4) is 0 Å². The van der Waals surface area contributed by atoms with Crippen LogP contribution in [-0.4, -0.2) is 41.9 Å². The van der Waals surface area contributed by atoms with Crippen molar-refractivity contribution in [2.75, 3.05) is 19.8 Å². The zero-order valence-corrected chi connectivity index (χ0v) is 15.7. The van der Waals surface area contributed by atoms with Crippen molar-refractivity contribution in [1.29, 1.82) is 0 Å². The van der Waals surface area contributed by atoms with Crippen LogP contribution in [0.4, 0.5) is 0 Å². The Morgan fingerprint density at radius 3 is 3.00 bits per heavy atom. The fourth-order valence-electron chi connectivity index (χ4n) is 3.56. The standard InChI is InChI=1S/C15H20N4.2CH3.Pt/c1-3-13-6-10-19(15(13)16-7-1)11-18-9-2-4-12-5-8-17-14(12)18;;;/h4-6,8,10,13-15H,1-3,7,9,11H2;2*1H3;/q-2;2*-1;+4. The molecule has 5 heteroatoms. The molecule has 4 heterocycles. The van der Waals surface area contributed by atoms with E-state index in [2.05, 4.69) is 39.5 Å². The topological polar surface area (TPSA) is 34.7 Å². The van der Waals surface area contributed by atoms with Crippen molar-refractivity contribution >= 4 is 0 Å². The van der Waals surface area contributed by atoms with Gasteiger partial charge in [-0.1, -0.05) is 36.4 Å². The van der Waals surface area contributed by atoms with Gasteiger partial charge in [-0.25, -0.2) is 0 Å². The first kappa shape index (κ1) is 19.5. The van der Waals surface area contributed by atoms with Crippen molar-refractivity contribution in [1.82, 2.24) is 9.80 Å². The summed E-state index contributed by atoms with van der Waals surface area (Å²) in [5.41, 5.74) is 1.37. The van der Waals surface area contributed by atoms with Crippen LogP contribution in [0.25, 0.3) is 10.6 Å². The second-order valence-corrected chi connectivity index (χ2v) is 5.77. The van der Waals surface area contributed by atoms with Crippen LogP contribution in [0.5, 0.6) is 0 Å². The molecule has 124 valence electrons. The van der Waals surface area contributed by atoms with Crippen molar-refractivity contribution in [3.8, 4) is 0 Å². The van der Waals surface area contributed by atoms with Crippen molar-refractivity contribution < 1.29 is 21.1 Å². The zero-order valence-electron chi connectivity index (χ0n) is 13.5. The van der Waals surface area contributed by atoms with Crippen molar-refractivity contribution in [2.45, 2.75) is 31.6 Å². The molecule has 3 atom stereocenters. The molecule has 4 nitrogen and oxygen atoms in total. The van der Waals surface area contributed by atoms with Crippen LogP contribution < -0.4 is 0 Å². The Kier molecular flexibility index (Phi) is 7.37. The van der Waals surface area contributed by atoms with Gasteiger partial charge in [0.25, 0.3) is 0 Å². The average molecular weight is 482 g/mol. The van der Waals surface area contributed by atoms with Gasteiger partial charge in [-0.3, -0.25) is 4.90 Å². The fraction of sp³-hybridized carbons (Fsp3) is 0.529. The van der Waals surface area contributed by atoms with E-state index < -0.39 is 0 Å². The Morgan fingerprint density at radius 1 is 1.27 bits per heavy atom. The second kappa shape index (κ2) is 8.33. The van der Waals surface area contributed by atoms with Gasteiger partial charge in [0.05, 0.1) is 6.67 Å². The number of fused-ring (bicyclic) bond motifs is 2. The molecule has 1 saturated heterocycles. The molecule has 4 aliphatic heterocycles. The van der Waals surface area contributed by atoms with Crippen LogP contribution in [0.2, 0.25) is 0 Å². The smallest absolute Gasteiger partial charge is 0.672 e. The van der Waals surface area contributed by atoms with E-state index >= 15 is 0 Å². The van der Waals surface area contributed by atoms with E-state index in [1.807, 2.05) is 6.20 Å². The molecule has 0 bridgehead atoms. The Bertz CT molecular complexity index is 446. The minimum Gasteiger partial charge on any atom is -0.672 e. The summed E-state index contributed by atoms with van der Waals surface area (Å²) in [6.07, 6.45) is 15.3. The van der Waals surface area contributed by atoms with Gasteiger partial charge in [0.2, 0.25) is 0 Å². The molecule has 0 aliphatic carbocycles. The average Bonchev–Trinajstić information content (AvgIpc) is 3.06. The summed E-state index contributed by atoms with van der Waals surface area (Å²) in [4.78, 5) is 4.87. The molecule has 0 aromatic heterocycles. The van der Waals surface area contributed by atoms with Crippen LogP contribution in [0.15, 0.2) is 36.2 Å². The van der Waals surface area contributed by atoms with Crippen LogP contribution in [0, 0.1) is 20.8 Å². The van der Waals surface area contributed by atoms with Gasteiger partial charge in [0.1, 0.15) is 0 Å². The van der Waals surface area contributed by atoms with E-state index in [9.17, 15) is 0 Å². The molecule has 0 spiro atoms. The van der Waals surface area contributed by atoms with Gasteiger partial charge in [-0.2, -0.15) is 6.20 Å². The number of hydrogen-bond acceptors (Lipinski definition) is 2. The predicted octanol–water partition coefficient (Wildman–Crippen LogP) is 3.64. The van der Waals surface area contributed by atoms with Gasteiger partial charge in [0.15, 0.2) is 0 Å². The summed E-state index contributed by atoms with van der Waals surface area (Å²) < 4.78 is 0. The van der Waals surface area contributed by atoms with Crippen molar-refractivity contribution in [2.24, 2.45) is 5.92 Å². The maximum absolute atomic E-state index is 4.80. The van der Waals surface area contributed by atoms with E-state index in [0.717, 1.165) is 26.2 Å². The van der Waals surface area contributed by atoms with Gasteiger partial charge in [-0.05, 0) is 31.1 Å². The molecule has 0 saturated carbocycles. The summed E-state index contributed by atoms with van der Waals surface area (Å²) in [5, 5.41) is 9.38. The van der Waals surface area contributed by atoms with Gasteiger partial charge >= 0.3 is 21.1 Å². The Morgan fingerprint density at radius 2 is 2.14 bits per heavy atom. The third kappa shape index (κ3) is 3.50. The Hall–Kier alpha value is -0.572.